The number of hydrogen-bond acceptors (Lipinski definition) is 5. The topological polar surface area (TPSA) is 69.5 Å². The van der Waals surface area contributed by atoms with Crippen molar-refractivity contribution in [2.24, 2.45) is 0 Å². The molecule has 0 radical (unpaired) electrons. The Bertz CT molecular complexity index is 756. The fraction of sp³-hybridized carbons (Fsp3) is 0.471. The maximum absolute atomic E-state index is 12.8. The molecule has 128 valence electrons. The van der Waals surface area contributed by atoms with Gasteiger partial charge in [-0.2, -0.15) is 10.1 Å². The third-order valence-corrected chi connectivity index (χ3v) is 4.31. The molecule has 2 aromatic rings. The van der Waals surface area contributed by atoms with E-state index in [0.717, 1.165) is 17.8 Å². The molecule has 24 heavy (non-hydrogen) atoms. The van der Waals surface area contributed by atoms with Crippen LogP contribution in [0.5, 0.6) is 11.8 Å². The van der Waals surface area contributed by atoms with Gasteiger partial charge in [-0.05, 0) is 32.4 Å². The number of carbonyl (C=O) groups excluding carboxylic acids is 1. The second-order valence-corrected chi connectivity index (χ2v) is 5.98. The number of aryl methyl sites for hydroxylation is 2. The molecule has 0 aliphatic carbocycles. The molecule has 3 rings (SSSR count). The van der Waals surface area contributed by atoms with E-state index in [1.807, 2.05) is 23.4 Å². The summed E-state index contributed by atoms with van der Waals surface area (Å²) in [5.74, 6) is 0.630. The van der Waals surface area contributed by atoms with Crippen LogP contribution in [0, 0.1) is 13.8 Å². The Labute approximate surface area is 141 Å². The number of methoxy groups -OCH3 is 2. The van der Waals surface area contributed by atoms with Gasteiger partial charge in [-0.25, -0.2) is 0 Å². The molecule has 1 amide bonds. The molecular weight excluding hydrogens is 308 g/mol. The van der Waals surface area contributed by atoms with Crippen molar-refractivity contribution >= 4 is 5.91 Å². The van der Waals surface area contributed by atoms with E-state index in [4.69, 9.17) is 9.47 Å². The van der Waals surface area contributed by atoms with Crippen molar-refractivity contribution in [3.8, 4) is 11.8 Å². The maximum Gasteiger partial charge on any atom is 0.259 e. The number of rotatable bonds is 4. The monoisotopic (exact) mass is 330 g/mol. The Kier molecular flexibility index (Phi) is 4.42. The number of carbonyl (C=O) groups is 1. The molecule has 0 N–H and O–H groups in total. The van der Waals surface area contributed by atoms with Crippen LogP contribution < -0.4 is 9.47 Å². The minimum Gasteiger partial charge on any atom is -0.481 e. The molecule has 7 heteroatoms. The third-order valence-electron chi connectivity index (χ3n) is 4.31. The molecule has 2 aromatic heterocycles. The number of pyridine rings is 1. The lowest BCUT2D eigenvalue weighted by Crippen LogP contribution is -2.30. The summed E-state index contributed by atoms with van der Waals surface area (Å²) >= 11 is 0. The van der Waals surface area contributed by atoms with E-state index in [-0.39, 0.29) is 17.8 Å². The van der Waals surface area contributed by atoms with Crippen molar-refractivity contribution in [3.05, 3.63) is 35.2 Å². The number of nitrogens with zero attached hydrogens (tertiary/aromatic N) is 4. The van der Waals surface area contributed by atoms with Gasteiger partial charge in [-0.3, -0.25) is 9.48 Å². The Hall–Kier alpha value is -2.57. The average molecular weight is 330 g/mol. The Morgan fingerprint density at radius 2 is 2.04 bits per heavy atom. The van der Waals surface area contributed by atoms with Gasteiger partial charge in [0.1, 0.15) is 5.56 Å². The lowest BCUT2D eigenvalue weighted by Gasteiger charge is -2.18. The van der Waals surface area contributed by atoms with Crippen LogP contribution in [0.4, 0.5) is 0 Å². The molecule has 0 aromatic carbocycles. The zero-order valence-corrected chi connectivity index (χ0v) is 14.4. The Balaban J connectivity index is 1.78. The van der Waals surface area contributed by atoms with Crippen LogP contribution in [-0.2, 0) is 0 Å². The SMILES string of the molecule is COc1ccc(C(=O)N2CC[C@@H](n3nc(C)cc3C)C2)c(OC)n1. The summed E-state index contributed by atoms with van der Waals surface area (Å²) in [5, 5.41) is 4.54. The van der Waals surface area contributed by atoms with Crippen molar-refractivity contribution in [3.63, 3.8) is 0 Å². The van der Waals surface area contributed by atoms with Crippen LogP contribution in [0.25, 0.3) is 0 Å². The van der Waals surface area contributed by atoms with Gasteiger partial charge in [0.2, 0.25) is 11.8 Å². The lowest BCUT2D eigenvalue weighted by atomic mass is 10.2. The van der Waals surface area contributed by atoms with E-state index in [2.05, 4.69) is 16.1 Å². The minimum atomic E-state index is -0.0777. The van der Waals surface area contributed by atoms with Crippen LogP contribution in [-0.4, -0.2) is 52.9 Å². The van der Waals surface area contributed by atoms with Crippen LogP contribution in [0.2, 0.25) is 0 Å². The van der Waals surface area contributed by atoms with Gasteiger partial charge in [0.05, 0.1) is 26.0 Å². The van der Waals surface area contributed by atoms with Gasteiger partial charge in [0.15, 0.2) is 0 Å². The fourth-order valence-electron chi connectivity index (χ4n) is 3.17. The summed E-state index contributed by atoms with van der Waals surface area (Å²) in [7, 11) is 3.03. The summed E-state index contributed by atoms with van der Waals surface area (Å²) in [5.41, 5.74) is 2.57. The number of aromatic nitrogens is 3. The highest BCUT2D eigenvalue weighted by Crippen LogP contribution is 2.27. The smallest absolute Gasteiger partial charge is 0.259 e. The molecular formula is C17H22N4O3. The highest BCUT2D eigenvalue weighted by atomic mass is 16.5. The van der Waals surface area contributed by atoms with E-state index >= 15 is 0 Å². The van der Waals surface area contributed by atoms with Gasteiger partial charge in [0.25, 0.3) is 5.91 Å². The Morgan fingerprint density at radius 3 is 2.67 bits per heavy atom. The molecule has 0 bridgehead atoms. The molecule has 0 saturated carbocycles. The fourth-order valence-corrected chi connectivity index (χ4v) is 3.17. The predicted molar refractivity (Wildman–Crippen MR) is 88.6 cm³/mol. The lowest BCUT2D eigenvalue weighted by molar-refractivity contribution is 0.0782. The van der Waals surface area contributed by atoms with Gasteiger partial charge in [-0.15, -0.1) is 0 Å². The normalized spacial score (nSPS) is 17.2. The van der Waals surface area contributed by atoms with Crippen molar-refractivity contribution in [2.75, 3.05) is 27.3 Å². The van der Waals surface area contributed by atoms with E-state index in [1.165, 1.54) is 14.2 Å². The summed E-state index contributed by atoms with van der Waals surface area (Å²) in [6, 6.07) is 5.63. The molecule has 1 atom stereocenters. The quantitative estimate of drug-likeness (QED) is 0.857. The number of likely N-dealkylation sites (tertiary alicyclic amines) is 1. The van der Waals surface area contributed by atoms with Crippen LogP contribution >= 0.6 is 0 Å². The van der Waals surface area contributed by atoms with Crippen molar-refractivity contribution in [1.29, 1.82) is 0 Å². The standard InChI is InChI=1S/C17H22N4O3/c1-11-9-12(2)21(19-11)13-7-8-20(10-13)17(22)14-5-6-15(23-3)18-16(14)24-4/h5-6,9,13H,7-8,10H2,1-4H3/t13-/m1/s1. The molecule has 0 spiro atoms. The molecule has 1 aliphatic heterocycles. The highest BCUT2D eigenvalue weighted by molar-refractivity contribution is 5.96. The second-order valence-electron chi connectivity index (χ2n) is 5.98. The van der Waals surface area contributed by atoms with Crippen LogP contribution in [0.3, 0.4) is 0 Å². The van der Waals surface area contributed by atoms with Crippen LogP contribution in [0.1, 0.15) is 34.2 Å². The largest absolute Gasteiger partial charge is 0.481 e. The Morgan fingerprint density at radius 1 is 1.25 bits per heavy atom. The maximum atomic E-state index is 12.8. The van der Waals surface area contributed by atoms with Gasteiger partial charge >= 0.3 is 0 Å². The molecule has 7 nitrogen and oxygen atoms in total. The number of hydrogen-bond donors (Lipinski definition) is 0. The van der Waals surface area contributed by atoms with Crippen molar-refractivity contribution in [1.82, 2.24) is 19.7 Å². The summed E-state index contributed by atoms with van der Waals surface area (Å²) < 4.78 is 12.3. The molecule has 1 aliphatic rings. The van der Waals surface area contributed by atoms with Gasteiger partial charge in [0, 0.05) is 24.8 Å². The summed E-state index contributed by atoms with van der Waals surface area (Å²) in [6.07, 6.45) is 0.888. The number of amides is 1. The van der Waals surface area contributed by atoms with Crippen molar-refractivity contribution in [2.45, 2.75) is 26.3 Å². The van der Waals surface area contributed by atoms with Crippen molar-refractivity contribution < 1.29 is 14.3 Å². The first kappa shape index (κ1) is 16.3. The zero-order valence-electron chi connectivity index (χ0n) is 14.4. The first-order valence-corrected chi connectivity index (χ1v) is 7.94. The van der Waals surface area contributed by atoms with Gasteiger partial charge in [-0.1, -0.05) is 0 Å². The first-order valence-electron chi connectivity index (χ1n) is 7.94. The van der Waals surface area contributed by atoms with E-state index < -0.39 is 0 Å². The average Bonchev–Trinajstić information content (AvgIpc) is 3.19. The highest BCUT2D eigenvalue weighted by Gasteiger charge is 2.31. The number of ether oxygens (including phenoxy) is 2. The second kappa shape index (κ2) is 6.51. The zero-order chi connectivity index (χ0) is 17.3. The minimum absolute atomic E-state index is 0.0777. The molecule has 1 saturated heterocycles. The summed E-state index contributed by atoms with van der Waals surface area (Å²) in [6.45, 7) is 5.35. The van der Waals surface area contributed by atoms with Crippen LogP contribution in [0.15, 0.2) is 18.2 Å². The van der Waals surface area contributed by atoms with E-state index in [0.29, 0.717) is 24.5 Å². The van der Waals surface area contributed by atoms with E-state index in [9.17, 15) is 4.79 Å². The first-order chi connectivity index (χ1) is 11.5. The van der Waals surface area contributed by atoms with E-state index in [1.54, 1.807) is 12.1 Å². The van der Waals surface area contributed by atoms with Gasteiger partial charge < -0.3 is 14.4 Å². The summed E-state index contributed by atoms with van der Waals surface area (Å²) in [4.78, 5) is 18.8. The molecule has 0 unspecified atom stereocenters. The predicted octanol–water partition coefficient (Wildman–Crippen LogP) is 2.00. The molecule has 1 fully saturated rings. The third kappa shape index (κ3) is 2.93. The molecule has 3 heterocycles.